The van der Waals surface area contributed by atoms with Crippen molar-refractivity contribution in [1.82, 2.24) is 0 Å². The molecule has 0 saturated heterocycles. The lowest BCUT2D eigenvalue weighted by molar-refractivity contribution is 0.652. The lowest BCUT2D eigenvalue weighted by atomic mass is 9.84. The van der Waals surface area contributed by atoms with Gasteiger partial charge in [-0.1, -0.05) is 50.6 Å². The Bertz CT molecular complexity index is 465. The third kappa shape index (κ3) is 2.50. The van der Waals surface area contributed by atoms with Crippen LogP contribution in [0.25, 0.3) is 0 Å². The van der Waals surface area contributed by atoms with Gasteiger partial charge in [0.2, 0.25) is 0 Å². The minimum absolute atomic E-state index is 0.111. The van der Waals surface area contributed by atoms with Crippen LogP contribution in [0.5, 0.6) is 0 Å². The van der Waals surface area contributed by atoms with Gasteiger partial charge < -0.3 is 5.73 Å². The molecule has 2 heterocycles. The Labute approximate surface area is 115 Å². The van der Waals surface area contributed by atoms with Gasteiger partial charge in [0.25, 0.3) is 0 Å². The second-order valence-electron chi connectivity index (χ2n) is 5.39. The molecule has 0 saturated carbocycles. The molecule has 2 bridgehead atoms. The van der Waals surface area contributed by atoms with Crippen molar-refractivity contribution in [2.24, 2.45) is 11.7 Å². The van der Waals surface area contributed by atoms with Crippen molar-refractivity contribution < 1.29 is 0 Å². The highest BCUT2D eigenvalue weighted by Crippen LogP contribution is 2.53. The predicted molar refractivity (Wildman–Crippen MR) is 82.3 cm³/mol. The number of allylic oxidation sites excluding steroid dienone is 6. The molecule has 2 N–H and O–H groups in total. The van der Waals surface area contributed by atoms with Crippen LogP contribution < -0.4 is 5.73 Å². The Balaban J connectivity index is 2.29. The summed E-state index contributed by atoms with van der Waals surface area (Å²) in [5.74, 6) is 0.553. The highest BCUT2D eigenvalue weighted by atomic mass is 32.2. The fourth-order valence-electron chi connectivity index (χ4n) is 2.45. The van der Waals surface area contributed by atoms with Crippen LogP contribution in [0, 0.1) is 5.92 Å². The molecule has 2 heteroatoms. The number of thioether (sulfide) groups is 1. The first-order chi connectivity index (χ1) is 8.49. The molecule has 0 aromatic carbocycles. The van der Waals surface area contributed by atoms with Gasteiger partial charge in [0.05, 0.1) is 4.87 Å². The van der Waals surface area contributed by atoms with Gasteiger partial charge in [-0.25, -0.2) is 0 Å². The fourth-order valence-corrected chi connectivity index (χ4v) is 3.83. The number of hydrogen-bond donors (Lipinski definition) is 1. The van der Waals surface area contributed by atoms with E-state index in [0.717, 1.165) is 12.8 Å². The molecule has 0 spiro atoms. The van der Waals surface area contributed by atoms with Crippen molar-refractivity contribution in [3.8, 4) is 0 Å². The summed E-state index contributed by atoms with van der Waals surface area (Å²) in [6.45, 7) is 8.80. The number of fused-ring (bicyclic) bond motifs is 1. The standard InChI is InChI=1S/C16H23NS/c1-5-12(6-2)7-8-14-13-9-16(17,10-13)18-15(14)11(3)4/h5,7-9,11H,6,10,17H2,1-4H3/b8-7-,12-5+. The van der Waals surface area contributed by atoms with Crippen molar-refractivity contribution in [3.05, 3.63) is 45.9 Å². The molecule has 3 rings (SSSR count). The maximum Gasteiger partial charge on any atom is 0.0897 e. The highest BCUT2D eigenvalue weighted by Gasteiger charge is 2.41. The summed E-state index contributed by atoms with van der Waals surface area (Å²) in [5, 5.41) is 0. The van der Waals surface area contributed by atoms with Gasteiger partial charge in [-0.3, -0.25) is 0 Å². The van der Waals surface area contributed by atoms with Crippen LogP contribution in [0.15, 0.2) is 45.9 Å². The first kappa shape index (κ1) is 13.7. The summed E-state index contributed by atoms with van der Waals surface area (Å²) in [5.41, 5.74) is 10.5. The molecule has 0 radical (unpaired) electrons. The first-order valence-electron chi connectivity index (χ1n) is 6.76. The molecule has 2 aliphatic heterocycles. The number of rotatable bonds is 4. The quantitative estimate of drug-likeness (QED) is 0.752. The Morgan fingerprint density at radius 2 is 2.22 bits per heavy atom. The molecule has 3 aliphatic rings. The van der Waals surface area contributed by atoms with E-state index in [-0.39, 0.29) is 4.87 Å². The zero-order valence-corrected chi connectivity index (χ0v) is 12.6. The van der Waals surface area contributed by atoms with Crippen LogP contribution in [0.2, 0.25) is 0 Å². The van der Waals surface area contributed by atoms with Gasteiger partial charge in [-0.05, 0) is 35.3 Å². The predicted octanol–water partition coefficient (Wildman–Crippen LogP) is 4.54. The molecule has 0 amide bonds. The average Bonchev–Trinajstić information content (AvgIpc) is 2.30. The molecular weight excluding hydrogens is 238 g/mol. The molecule has 98 valence electrons. The van der Waals surface area contributed by atoms with Crippen molar-refractivity contribution in [2.75, 3.05) is 0 Å². The van der Waals surface area contributed by atoms with E-state index in [1.54, 1.807) is 0 Å². The van der Waals surface area contributed by atoms with E-state index in [9.17, 15) is 0 Å². The van der Waals surface area contributed by atoms with Crippen molar-refractivity contribution in [2.45, 2.75) is 45.4 Å². The maximum absolute atomic E-state index is 6.26. The van der Waals surface area contributed by atoms with Gasteiger partial charge in [-0.15, -0.1) is 11.8 Å². The van der Waals surface area contributed by atoms with E-state index in [1.807, 2.05) is 11.8 Å². The summed E-state index contributed by atoms with van der Waals surface area (Å²) in [4.78, 5) is 1.34. The van der Waals surface area contributed by atoms with E-state index in [0.29, 0.717) is 5.92 Å². The zero-order chi connectivity index (χ0) is 13.3. The van der Waals surface area contributed by atoms with Crippen LogP contribution in [-0.2, 0) is 0 Å². The molecule has 0 fully saturated rings. The molecule has 1 nitrogen and oxygen atoms in total. The van der Waals surface area contributed by atoms with E-state index in [2.05, 4.69) is 52.0 Å². The first-order valence-corrected chi connectivity index (χ1v) is 7.58. The monoisotopic (exact) mass is 261 g/mol. The van der Waals surface area contributed by atoms with Crippen LogP contribution >= 0.6 is 11.8 Å². The van der Waals surface area contributed by atoms with Gasteiger partial charge >= 0.3 is 0 Å². The van der Waals surface area contributed by atoms with Crippen molar-refractivity contribution in [3.63, 3.8) is 0 Å². The highest BCUT2D eigenvalue weighted by molar-refractivity contribution is 8.04. The van der Waals surface area contributed by atoms with Gasteiger partial charge in [0.1, 0.15) is 0 Å². The summed E-state index contributed by atoms with van der Waals surface area (Å²) >= 11 is 1.85. The third-order valence-electron chi connectivity index (χ3n) is 3.56. The third-order valence-corrected chi connectivity index (χ3v) is 5.12. The van der Waals surface area contributed by atoms with Gasteiger partial charge in [0.15, 0.2) is 0 Å². The van der Waals surface area contributed by atoms with E-state index in [4.69, 9.17) is 5.73 Å². The van der Waals surface area contributed by atoms with Crippen molar-refractivity contribution >= 4 is 11.8 Å². The molecule has 0 aromatic rings. The SMILES string of the molecule is C/C=C(/C=C\C1=C(C(C)C)SC2(N)C=C1C2)CC. The molecule has 1 unspecified atom stereocenters. The molecule has 1 atom stereocenters. The Morgan fingerprint density at radius 3 is 2.72 bits per heavy atom. The van der Waals surface area contributed by atoms with Crippen LogP contribution in [0.1, 0.15) is 40.5 Å². The lowest BCUT2D eigenvalue weighted by Crippen LogP contribution is -2.44. The fraction of sp³-hybridized carbons (Fsp3) is 0.500. The minimum Gasteiger partial charge on any atom is -0.313 e. The average molecular weight is 261 g/mol. The van der Waals surface area contributed by atoms with Gasteiger partial charge in [0, 0.05) is 6.42 Å². The largest absolute Gasteiger partial charge is 0.313 e. The van der Waals surface area contributed by atoms with Crippen LogP contribution in [0.4, 0.5) is 0 Å². The van der Waals surface area contributed by atoms with E-state index in [1.165, 1.54) is 21.6 Å². The maximum atomic E-state index is 6.26. The van der Waals surface area contributed by atoms with Crippen LogP contribution in [-0.4, -0.2) is 4.87 Å². The van der Waals surface area contributed by atoms with E-state index < -0.39 is 0 Å². The Morgan fingerprint density at radius 1 is 1.56 bits per heavy atom. The van der Waals surface area contributed by atoms with Crippen molar-refractivity contribution in [1.29, 1.82) is 0 Å². The van der Waals surface area contributed by atoms with Crippen LogP contribution in [0.3, 0.4) is 0 Å². The second-order valence-corrected chi connectivity index (χ2v) is 6.79. The lowest BCUT2D eigenvalue weighted by Gasteiger charge is -2.43. The summed E-state index contributed by atoms with van der Waals surface area (Å²) in [7, 11) is 0. The molecular formula is C16H23NS. The summed E-state index contributed by atoms with van der Waals surface area (Å²) in [6.07, 6.45) is 11.1. The number of nitrogens with two attached hydrogens (primary N) is 1. The smallest absolute Gasteiger partial charge is 0.0897 e. The Hall–Kier alpha value is -0.730. The molecule has 18 heavy (non-hydrogen) atoms. The summed E-state index contributed by atoms with van der Waals surface area (Å²) in [6, 6.07) is 0. The van der Waals surface area contributed by atoms with Gasteiger partial charge in [-0.2, -0.15) is 0 Å². The second kappa shape index (κ2) is 5.10. The normalized spacial score (nSPS) is 27.9. The zero-order valence-electron chi connectivity index (χ0n) is 11.8. The molecule has 1 aliphatic carbocycles. The number of hydrogen-bond acceptors (Lipinski definition) is 2. The summed E-state index contributed by atoms with van der Waals surface area (Å²) < 4.78 is 0. The topological polar surface area (TPSA) is 26.0 Å². The minimum atomic E-state index is -0.111. The Kier molecular flexibility index (Phi) is 3.88. The molecule has 0 aromatic heterocycles. The van der Waals surface area contributed by atoms with E-state index >= 15 is 0 Å².